The Balaban J connectivity index is 0.00000264. The summed E-state index contributed by atoms with van der Waals surface area (Å²) in [5, 5.41) is 7.13. The van der Waals surface area contributed by atoms with Gasteiger partial charge in [-0.25, -0.2) is 0 Å². The van der Waals surface area contributed by atoms with Crippen LogP contribution >= 0.6 is 24.0 Å². The minimum absolute atomic E-state index is 0. The number of nitrogens with one attached hydrogen (secondary N) is 2. The van der Waals surface area contributed by atoms with E-state index in [1.54, 1.807) is 0 Å². The summed E-state index contributed by atoms with van der Waals surface area (Å²) in [5.74, 6) is 0.0627. The van der Waals surface area contributed by atoms with Crippen LogP contribution in [0.15, 0.2) is 24.3 Å². The third-order valence-electron chi connectivity index (χ3n) is 4.16. The van der Waals surface area contributed by atoms with Crippen molar-refractivity contribution in [2.75, 3.05) is 26.2 Å². The number of amides is 1. The Morgan fingerprint density at radius 1 is 1.48 bits per heavy atom. The van der Waals surface area contributed by atoms with E-state index in [0.717, 1.165) is 38.0 Å². The summed E-state index contributed by atoms with van der Waals surface area (Å²) in [6.45, 7) is 7.56. The molecule has 6 heteroatoms. The minimum atomic E-state index is -0.0774. The van der Waals surface area contributed by atoms with Crippen molar-refractivity contribution in [3.05, 3.63) is 34.9 Å². The second-order valence-electron chi connectivity index (χ2n) is 5.93. The fourth-order valence-electron chi connectivity index (χ4n) is 3.00. The molecule has 2 N–H and O–H groups in total. The quantitative estimate of drug-likeness (QED) is 0.786. The molecule has 0 aliphatic carbocycles. The van der Waals surface area contributed by atoms with Gasteiger partial charge in [-0.1, -0.05) is 36.7 Å². The first-order valence-corrected chi connectivity index (χ1v) is 8.48. The van der Waals surface area contributed by atoms with E-state index in [2.05, 4.69) is 22.5 Å². The van der Waals surface area contributed by atoms with Gasteiger partial charge in [0.2, 0.25) is 5.91 Å². The van der Waals surface area contributed by atoms with Crippen LogP contribution in [0.1, 0.15) is 38.3 Å². The molecule has 1 amide bonds. The Kier molecular flexibility index (Phi) is 8.92. The van der Waals surface area contributed by atoms with Crippen LogP contribution < -0.4 is 10.6 Å². The maximum atomic E-state index is 12.4. The standard InChI is InChI=1S/C17H26ClN3O.ClH/c1-3-10-21(14-8-9-19-11-14)12-17(22)20-13(2)15-6-4-5-7-16(15)18;/h4-7,13-14,19H,3,8-12H2,1-2H3,(H,20,22);1H. The predicted octanol–water partition coefficient (Wildman–Crippen LogP) is 3.01. The molecule has 2 atom stereocenters. The highest BCUT2D eigenvalue weighted by atomic mass is 35.5. The molecule has 130 valence electrons. The van der Waals surface area contributed by atoms with E-state index in [0.29, 0.717) is 17.6 Å². The lowest BCUT2D eigenvalue weighted by Crippen LogP contribution is -2.44. The van der Waals surface area contributed by atoms with Gasteiger partial charge >= 0.3 is 0 Å². The highest BCUT2D eigenvalue weighted by molar-refractivity contribution is 6.31. The van der Waals surface area contributed by atoms with Crippen molar-refractivity contribution in [2.45, 2.75) is 38.8 Å². The zero-order chi connectivity index (χ0) is 15.9. The molecule has 1 heterocycles. The van der Waals surface area contributed by atoms with Crippen LogP contribution in [0.4, 0.5) is 0 Å². The van der Waals surface area contributed by atoms with Gasteiger partial charge in [0.1, 0.15) is 0 Å². The van der Waals surface area contributed by atoms with Crippen LogP contribution in [0.2, 0.25) is 5.02 Å². The predicted molar refractivity (Wildman–Crippen MR) is 98.4 cm³/mol. The summed E-state index contributed by atoms with van der Waals surface area (Å²) < 4.78 is 0. The van der Waals surface area contributed by atoms with E-state index < -0.39 is 0 Å². The fraction of sp³-hybridized carbons (Fsp3) is 0.588. The van der Waals surface area contributed by atoms with Crippen LogP contribution in [-0.2, 0) is 4.79 Å². The van der Waals surface area contributed by atoms with E-state index in [4.69, 9.17) is 11.6 Å². The van der Waals surface area contributed by atoms with E-state index in [-0.39, 0.29) is 24.4 Å². The number of hydrogen-bond donors (Lipinski definition) is 2. The monoisotopic (exact) mass is 359 g/mol. The van der Waals surface area contributed by atoms with Crippen molar-refractivity contribution < 1.29 is 4.79 Å². The SMILES string of the molecule is CCCN(CC(=O)NC(C)c1ccccc1Cl)C1CCNC1.Cl. The van der Waals surface area contributed by atoms with Gasteiger partial charge in [0.25, 0.3) is 0 Å². The number of halogens is 2. The van der Waals surface area contributed by atoms with Crippen molar-refractivity contribution in [1.82, 2.24) is 15.5 Å². The van der Waals surface area contributed by atoms with Gasteiger partial charge in [-0.2, -0.15) is 0 Å². The van der Waals surface area contributed by atoms with Gasteiger partial charge < -0.3 is 10.6 Å². The fourth-order valence-corrected chi connectivity index (χ4v) is 3.30. The summed E-state index contributed by atoms with van der Waals surface area (Å²) in [6.07, 6.45) is 2.18. The second-order valence-corrected chi connectivity index (χ2v) is 6.34. The summed E-state index contributed by atoms with van der Waals surface area (Å²) in [7, 11) is 0. The van der Waals surface area contributed by atoms with Gasteiger partial charge in [0.05, 0.1) is 12.6 Å². The second kappa shape index (κ2) is 10.1. The molecule has 4 nitrogen and oxygen atoms in total. The van der Waals surface area contributed by atoms with Crippen LogP contribution in [0.5, 0.6) is 0 Å². The first-order valence-electron chi connectivity index (χ1n) is 8.10. The highest BCUT2D eigenvalue weighted by Crippen LogP contribution is 2.22. The molecule has 2 unspecified atom stereocenters. The molecule has 1 aliphatic rings. The topological polar surface area (TPSA) is 44.4 Å². The molecule has 1 aromatic carbocycles. The first-order chi connectivity index (χ1) is 10.6. The minimum Gasteiger partial charge on any atom is -0.348 e. The Hall–Kier alpha value is -0.810. The van der Waals surface area contributed by atoms with E-state index in [1.165, 1.54) is 0 Å². The molecule has 1 fully saturated rings. The number of carbonyl (C=O) groups is 1. The molecule has 0 aromatic heterocycles. The Morgan fingerprint density at radius 3 is 2.83 bits per heavy atom. The van der Waals surface area contributed by atoms with Gasteiger partial charge in [-0.3, -0.25) is 9.69 Å². The van der Waals surface area contributed by atoms with Crippen molar-refractivity contribution in [3.8, 4) is 0 Å². The average molecular weight is 360 g/mol. The van der Waals surface area contributed by atoms with Crippen molar-refractivity contribution in [3.63, 3.8) is 0 Å². The molecule has 2 rings (SSSR count). The summed E-state index contributed by atoms with van der Waals surface area (Å²) in [4.78, 5) is 14.7. The zero-order valence-electron chi connectivity index (χ0n) is 13.8. The third kappa shape index (κ3) is 5.96. The van der Waals surface area contributed by atoms with Crippen molar-refractivity contribution >= 4 is 29.9 Å². The molecule has 0 radical (unpaired) electrons. The lowest BCUT2D eigenvalue weighted by Gasteiger charge is -2.28. The number of carbonyl (C=O) groups excluding carboxylic acids is 1. The molecular weight excluding hydrogens is 333 g/mol. The third-order valence-corrected chi connectivity index (χ3v) is 4.50. The van der Waals surface area contributed by atoms with Crippen LogP contribution in [0.3, 0.4) is 0 Å². The number of hydrogen-bond acceptors (Lipinski definition) is 3. The average Bonchev–Trinajstić information content (AvgIpc) is 3.01. The van der Waals surface area contributed by atoms with E-state index >= 15 is 0 Å². The van der Waals surface area contributed by atoms with Gasteiger partial charge in [-0.15, -0.1) is 12.4 Å². The summed E-state index contributed by atoms with van der Waals surface area (Å²) in [6, 6.07) is 8.05. The molecule has 0 spiro atoms. The van der Waals surface area contributed by atoms with Gasteiger partial charge in [0.15, 0.2) is 0 Å². The zero-order valence-corrected chi connectivity index (χ0v) is 15.4. The molecular formula is C17H27Cl2N3O. The van der Waals surface area contributed by atoms with Gasteiger partial charge in [0, 0.05) is 17.6 Å². The Bertz CT molecular complexity index is 492. The molecule has 1 aliphatic heterocycles. The number of benzene rings is 1. The van der Waals surface area contributed by atoms with Gasteiger partial charge in [-0.05, 0) is 44.5 Å². The molecule has 0 bridgehead atoms. The molecule has 1 saturated heterocycles. The molecule has 23 heavy (non-hydrogen) atoms. The lowest BCUT2D eigenvalue weighted by molar-refractivity contribution is -0.123. The van der Waals surface area contributed by atoms with Crippen LogP contribution in [-0.4, -0.2) is 43.0 Å². The summed E-state index contributed by atoms with van der Waals surface area (Å²) in [5.41, 5.74) is 0.960. The largest absolute Gasteiger partial charge is 0.348 e. The first kappa shape index (κ1) is 20.2. The van der Waals surface area contributed by atoms with Crippen molar-refractivity contribution in [2.24, 2.45) is 0 Å². The number of nitrogens with zero attached hydrogens (tertiary/aromatic N) is 1. The Labute approximate surface area is 150 Å². The van der Waals surface area contributed by atoms with Crippen molar-refractivity contribution in [1.29, 1.82) is 0 Å². The maximum absolute atomic E-state index is 12.4. The van der Waals surface area contributed by atoms with Crippen LogP contribution in [0.25, 0.3) is 0 Å². The smallest absolute Gasteiger partial charge is 0.234 e. The highest BCUT2D eigenvalue weighted by Gasteiger charge is 2.24. The molecule has 1 aromatic rings. The van der Waals surface area contributed by atoms with E-state index in [1.807, 2.05) is 31.2 Å². The maximum Gasteiger partial charge on any atom is 0.234 e. The van der Waals surface area contributed by atoms with E-state index in [9.17, 15) is 4.79 Å². The lowest BCUT2D eigenvalue weighted by atomic mass is 10.1. The molecule has 0 saturated carbocycles. The summed E-state index contributed by atoms with van der Waals surface area (Å²) >= 11 is 6.19. The van der Waals surface area contributed by atoms with Crippen LogP contribution in [0, 0.1) is 0 Å². The normalized spacial score (nSPS) is 18.5. The Morgan fingerprint density at radius 2 is 2.22 bits per heavy atom. The number of rotatable bonds is 7.